The van der Waals surface area contributed by atoms with Crippen molar-refractivity contribution in [2.24, 2.45) is 10.9 Å². The van der Waals surface area contributed by atoms with Crippen LogP contribution in [0.5, 0.6) is 0 Å². The number of amides is 1. The van der Waals surface area contributed by atoms with E-state index in [4.69, 9.17) is 0 Å². The molecule has 1 heterocycles. The van der Waals surface area contributed by atoms with Crippen LogP contribution >= 0.6 is 0 Å². The summed E-state index contributed by atoms with van der Waals surface area (Å²) in [5.74, 6) is -0.123. The van der Waals surface area contributed by atoms with E-state index in [2.05, 4.69) is 15.0 Å². The zero-order valence-electron chi connectivity index (χ0n) is 15.5. The number of hydrogen-bond acceptors (Lipinski definition) is 4. The minimum Gasteiger partial charge on any atom is -0.348 e. The average Bonchev–Trinajstić information content (AvgIpc) is 2.90. The Bertz CT molecular complexity index is 969. The number of aliphatic imine (C=N–C) groups is 1. The Labute approximate surface area is 159 Å². The minimum absolute atomic E-state index is 0.0993. The Morgan fingerprint density at radius 3 is 2.30 bits per heavy atom. The lowest BCUT2D eigenvalue weighted by atomic mass is 10.0. The van der Waals surface area contributed by atoms with Gasteiger partial charge in [0, 0.05) is 5.56 Å². The fourth-order valence-corrected chi connectivity index (χ4v) is 4.24. The molecule has 142 valence electrons. The largest absolute Gasteiger partial charge is 0.348 e. The van der Waals surface area contributed by atoms with Crippen molar-refractivity contribution in [2.45, 2.75) is 37.8 Å². The molecule has 2 aromatic rings. The van der Waals surface area contributed by atoms with Gasteiger partial charge in [0.15, 0.2) is 0 Å². The number of amidine groups is 1. The van der Waals surface area contributed by atoms with Crippen LogP contribution in [0, 0.1) is 5.92 Å². The Morgan fingerprint density at radius 2 is 1.63 bits per heavy atom. The highest BCUT2D eigenvalue weighted by Crippen LogP contribution is 2.23. The van der Waals surface area contributed by atoms with E-state index in [1.807, 2.05) is 51.1 Å². The molecular weight excluding hydrogens is 362 g/mol. The van der Waals surface area contributed by atoms with Crippen LogP contribution in [-0.2, 0) is 14.8 Å². The lowest BCUT2D eigenvalue weighted by molar-refractivity contribution is -0.123. The summed E-state index contributed by atoms with van der Waals surface area (Å²) in [5.41, 5.74) is 1.49. The van der Waals surface area contributed by atoms with Gasteiger partial charge in [0.05, 0.1) is 10.9 Å². The van der Waals surface area contributed by atoms with Crippen LogP contribution in [0.2, 0.25) is 0 Å². The lowest BCUT2D eigenvalue weighted by Gasteiger charge is -2.21. The van der Waals surface area contributed by atoms with Crippen molar-refractivity contribution >= 4 is 21.8 Å². The molecule has 1 aliphatic rings. The van der Waals surface area contributed by atoms with Crippen molar-refractivity contribution in [2.75, 3.05) is 0 Å². The Hall–Kier alpha value is -2.67. The third-order valence-corrected chi connectivity index (χ3v) is 5.89. The molecule has 2 N–H and O–H groups in total. The standard InChI is InChI=1S/C20H23N3O3S/c1-13(2)18(20(24)21-14(3)15-9-5-4-6-10-15)22-19-16-11-7-8-12-17(16)27(25,26)23-19/h4-14,18H,1-3H3,(H,21,24)(H,22,23). The normalized spacial score (nSPS) is 18.6. The maximum absolute atomic E-state index is 12.8. The molecule has 6 nitrogen and oxygen atoms in total. The molecule has 0 aromatic heterocycles. The molecule has 1 aliphatic heterocycles. The number of nitrogens with one attached hydrogen (secondary N) is 2. The summed E-state index contributed by atoms with van der Waals surface area (Å²) >= 11 is 0. The number of carbonyl (C=O) groups is 1. The van der Waals surface area contributed by atoms with Crippen molar-refractivity contribution in [1.82, 2.24) is 10.0 Å². The predicted octanol–water partition coefficient (Wildman–Crippen LogP) is 2.63. The van der Waals surface area contributed by atoms with Gasteiger partial charge in [0.2, 0.25) is 5.91 Å². The van der Waals surface area contributed by atoms with E-state index >= 15 is 0 Å². The van der Waals surface area contributed by atoms with Crippen molar-refractivity contribution in [1.29, 1.82) is 0 Å². The summed E-state index contributed by atoms with van der Waals surface area (Å²) in [6, 6.07) is 15.4. The van der Waals surface area contributed by atoms with Gasteiger partial charge in [-0.2, -0.15) is 0 Å². The Kier molecular flexibility index (Phi) is 5.32. The third-order valence-electron chi connectivity index (χ3n) is 4.49. The molecule has 0 bridgehead atoms. The molecule has 7 heteroatoms. The molecule has 27 heavy (non-hydrogen) atoms. The molecule has 0 spiro atoms. The Balaban J connectivity index is 1.87. The molecule has 3 rings (SSSR count). The highest BCUT2D eigenvalue weighted by Gasteiger charge is 2.32. The number of hydrogen-bond donors (Lipinski definition) is 2. The summed E-state index contributed by atoms with van der Waals surface area (Å²) in [6.07, 6.45) is 0. The quantitative estimate of drug-likeness (QED) is 0.829. The second kappa shape index (κ2) is 7.52. The van der Waals surface area contributed by atoms with Gasteiger partial charge in [-0.3, -0.25) is 14.5 Å². The van der Waals surface area contributed by atoms with Crippen LogP contribution in [0.1, 0.15) is 37.9 Å². The molecule has 0 radical (unpaired) electrons. The zero-order valence-corrected chi connectivity index (χ0v) is 16.3. The van der Waals surface area contributed by atoms with Crippen molar-refractivity contribution < 1.29 is 13.2 Å². The molecule has 0 saturated carbocycles. The van der Waals surface area contributed by atoms with E-state index in [0.717, 1.165) is 5.56 Å². The Morgan fingerprint density at radius 1 is 1.00 bits per heavy atom. The van der Waals surface area contributed by atoms with Gasteiger partial charge in [-0.1, -0.05) is 56.3 Å². The number of fused-ring (bicyclic) bond motifs is 1. The topological polar surface area (TPSA) is 87.6 Å². The summed E-state index contributed by atoms with van der Waals surface area (Å²) in [5, 5.41) is 2.97. The number of rotatable bonds is 5. The average molecular weight is 385 g/mol. The summed E-state index contributed by atoms with van der Waals surface area (Å²) in [4.78, 5) is 17.5. The van der Waals surface area contributed by atoms with E-state index in [1.54, 1.807) is 18.2 Å². The molecule has 0 aliphatic carbocycles. The second-order valence-electron chi connectivity index (χ2n) is 6.91. The van der Waals surface area contributed by atoms with Crippen LogP contribution < -0.4 is 10.0 Å². The van der Waals surface area contributed by atoms with Crippen molar-refractivity contribution in [3.63, 3.8) is 0 Å². The molecular formula is C20H23N3O3S. The van der Waals surface area contributed by atoms with Crippen molar-refractivity contribution in [3.05, 3.63) is 65.7 Å². The molecule has 0 saturated heterocycles. The maximum atomic E-state index is 12.8. The lowest BCUT2D eigenvalue weighted by Crippen LogP contribution is -2.39. The number of nitrogens with zero attached hydrogens (tertiary/aromatic N) is 1. The van der Waals surface area contributed by atoms with Crippen molar-refractivity contribution in [3.8, 4) is 0 Å². The summed E-state index contributed by atoms with van der Waals surface area (Å²) in [7, 11) is -3.63. The fraction of sp³-hybridized carbons (Fsp3) is 0.300. The smallest absolute Gasteiger partial charge is 0.263 e. The van der Waals surface area contributed by atoms with E-state index in [-0.39, 0.29) is 28.6 Å². The minimum atomic E-state index is -3.63. The summed E-state index contributed by atoms with van der Waals surface area (Å²) < 4.78 is 27.0. The monoisotopic (exact) mass is 385 g/mol. The third kappa shape index (κ3) is 4.03. The van der Waals surface area contributed by atoms with E-state index < -0.39 is 16.1 Å². The van der Waals surface area contributed by atoms with Crippen LogP contribution in [0.4, 0.5) is 0 Å². The molecule has 2 aromatic carbocycles. The zero-order chi connectivity index (χ0) is 19.6. The van der Waals surface area contributed by atoms with Gasteiger partial charge in [-0.15, -0.1) is 0 Å². The highest BCUT2D eigenvalue weighted by atomic mass is 32.2. The highest BCUT2D eigenvalue weighted by molar-refractivity contribution is 7.90. The van der Waals surface area contributed by atoms with Gasteiger partial charge in [0.25, 0.3) is 10.0 Å². The maximum Gasteiger partial charge on any atom is 0.263 e. The molecule has 0 fully saturated rings. The van der Waals surface area contributed by atoms with Gasteiger partial charge >= 0.3 is 0 Å². The number of carbonyl (C=O) groups excluding carboxylic acids is 1. The molecule has 1 amide bonds. The van der Waals surface area contributed by atoms with Gasteiger partial charge < -0.3 is 5.32 Å². The van der Waals surface area contributed by atoms with Crippen LogP contribution in [0.15, 0.2) is 64.5 Å². The van der Waals surface area contributed by atoms with E-state index in [0.29, 0.717) is 5.56 Å². The first-order valence-electron chi connectivity index (χ1n) is 8.85. The molecule has 2 atom stereocenters. The van der Waals surface area contributed by atoms with E-state index in [1.165, 1.54) is 6.07 Å². The number of benzene rings is 2. The summed E-state index contributed by atoms with van der Waals surface area (Å²) in [6.45, 7) is 5.68. The van der Waals surface area contributed by atoms with Crippen LogP contribution in [0.25, 0.3) is 0 Å². The van der Waals surface area contributed by atoms with Gasteiger partial charge in [-0.05, 0) is 30.5 Å². The SMILES string of the molecule is CC(NC(=O)C(N=C1NS(=O)(=O)c2ccccc21)C(C)C)c1ccccc1. The van der Waals surface area contributed by atoms with Gasteiger partial charge in [-0.25, -0.2) is 8.42 Å². The van der Waals surface area contributed by atoms with Crippen LogP contribution in [0.3, 0.4) is 0 Å². The fourth-order valence-electron chi connectivity index (χ4n) is 3.00. The van der Waals surface area contributed by atoms with Gasteiger partial charge in [0.1, 0.15) is 11.9 Å². The van der Waals surface area contributed by atoms with E-state index in [9.17, 15) is 13.2 Å². The predicted molar refractivity (Wildman–Crippen MR) is 105 cm³/mol. The molecule has 2 unspecified atom stereocenters. The van der Waals surface area contributed by atoms with Crippen LogP contribution in [-0.4, -0.2) is 26.2 Å². The first-order chi connectivity index (χ1) is 12.8. The number of sulfonamides is 1. The first kappa shape index (κ1) is 19.1. The first-order valence-corrected chi connectivity index (χ1v) is 10.3. The second-order valence-corrected chi connectivity index (χ2v) is 8.56.